The van der Waals surface area contributed by atoms with Crippen LogP contribution in [0.4, 0.5) is 0 Å². The van der Waals surface area contributed by atoms with E-state index in [1.165, 1.54) is 0 Å². The normalized spacial score (nSPS) is 26.8. The van der Waals surface area contributed by atoms with Crippen molar-refractivity contribution in [2.75, 3.05) is 0 Å². The largest absolute Gasteiger partial charge is 0.481 e. The number of unbranched alkanes of at least 4 members (excludes halogenated alkanes) is 4. The summed E-state index contributed by atoms with van der Waals surface area (Å²) in [6, 6.07) is 0. The Kier molecular flexibility index (Phi) is 10.2. The predicted octanol–water partition coefficient (Wildman–Crippen LogP) is 2.01. The lowest BCUT2D eigenvalue weighted by Gasteiger charge is -2.16. The summed E-state index contributed by atoms with van der Waals surface area (Å²) in [5, 5.41) is 38.2. The fraction of sp³-hybridized carbons (Fsp3) is 0.833. The molecular weight excluding hydrogens is 312 g/mol. The number of ether oxygens (including phenoxy) is 1. The van der Waals surface area contributed by atoms with E-state index in [9.17, 15) is 20.1 Å². The van der Waals surface area contributed by atoms with Crippen molar-refractivity contribution in [2.45, 2.75) is 95.2 Å². The van der Waals surface area contributed by atoms with Gasteiger partial charge in [-0.3, -0.25) is 4.79 Å². The van der Waals surface area contributed by atoms with Gasteiger partial charge in [-0.05, 0) is 19.3 Å². The van der Waals surface area contributed by atoms with Crippen molar-refractivity contribution in [3.8, 4) is 0 Å². The van der Waals surface area contributed by atoms with Gasteiger partial charge < -0.3 is 25.2 Å². The molecular formula is C18H32O6. The molecule has 4 N–H and O–H groups in total. The van der Waals surface area contributed by atoms with Gasteiger partial charge in [-0.25, -0.2) is 0 Å². The highest BCUT2D eigenvalue weighted by Crippen LogP contribution is 2.25. The number of rotatable bonds is 12. The molecule has 0 unspecified atom stereocenters. The Labute approximate surface area is 144 Å². The molecule has 0 aromatic rings. The van der Waals surface area contributed by atoms with Gasteiger partial charge in [0.15, 0.2) is 0 Å². The summed E-state index contributed by atoms with van der Waals surface area (Å²) < 4.78 is 5.62. The number of hydrogen-bond donors (Lipinski definition) is 4. The minimum Gasteiger partial charge on any atom is -0.481 e. The van der Waals surface area contributed by atoms with Crippen LogP contribution < -0.4 is 0 Å². The van der Waals surface area contributed by atoms with E-state index in [0.717, 1.165) is 25.7 Å². The van der Waals surface area contributed by atoms with Gasteiger partial charge in [0.25, 0.3) is 0 Å². The van der Waals surface area contributed by atoms with Crippen molar-refractivity contribution in [3.63, 3.8) is 0 Å². The van der Waals surface area contributed by atoms with Gasteiger partial charge in [0, 0.05) is 12.8 Å². The Morgan fingerprint density at radius 2 is 1.88 bits per heavy atom. The fourth-order valence-electron chi connectivity index (χ4n) is 2.90. The first kappa shape index (κ1) is 21.1. The third-order valence-electron chi connectivity index (χ3n) is 4.45. The van der Waals surface area contributed by atoms with Crippen LogP contribution in [-0.2, 0) is 9.53 Å². The van der Waals surface area contributed by atoms with E-state index in [1.54, 1.807) is 12.2 Å². The molecule has 24 heavy (non-hydrogen) atoms. The van der Waals surface area contributed by atoms with Gasteiger partial charge >= 0.3 is 5.97 Å². The molecule has 0 bridgehead atoms. The van der Waals surface area contributed by atoms with Gasteiger partial charge in [-0.15, -0.1) is 0 Å². The van der Waals surface area contributed by atoms with Crippen molar-refractivity contribution < 1.29 is 30.0 Å². The SMILES string of the molecule is CC[C@@H](O)[C@@H]1C[C@@H](O)[C@@H](/C=C/[C@H](O)CCCCCCCC(=O)O)O1. The summed E-state index contributed by atoms with van der Waals surface area (Å²) >= 11 is 0. The van der Waals surface area contributed by atoms with E-state index in [1.807, 2.05) is 6.92 Å². The summed E-state index contributed by atoms with van der Waals surface area (Å²) in [5.41, 5.74) is 0. The highest BCUT2D eigenvalue weighted by Gasteiger charge is 2.35. The third kappa shape index (κ3) is 8.24. The number of carboxylic acids is 1. The first-order chi connectivity index (χ1) is 11.4. The molecule has 1 saturated heterocycles. The zero-order valence-corrected chi connectivity index (χ0v) is 14.5. The second-order valence-corrected chi connectivity index (χ2v) is 6.57. The number of carbonyl (C=O) groups is 1. The Hall–Kier alpha value is -0.950. The van der Waals surface area contributed by atoms with Crippen LogP contribution in [-0.4, -0.2) is 56.9 Å². The van der Waals surface area contributed by atoms with Crippen molar-refractivity contribution in [1.82, 2.24) is 0 Å². The van der Waals surface area contributed by atoms with Crippen LogP contribution in [0.3, 0.4) is 0 Å². The Morgan fingerprint density at radius 3 is 2.54 bits per heavy atom. The zero-order valence-electron chi connectivity index (χ0n) is 14.5. The maximum atomic E-state index is 10.4. The van der Waals surface area contributed by atoms with Crippen molar-refractivity contribution >= 4 is 5.97 Å². The second kappa shape index (κ2) is 11.6. The average Bonchev–Trinajstić information content (AvgIpc) is 2.92. The molecule has 0 aliphatic carbocycles. The lowest BCUT2D eigenvalue weighted by atomic mass is 10.0. The highest BCUT2D eigenvalue weighted by atomic mass is 16.5. The van der Waals surface area contributed by atoms with Crippen LogP contribution in [0.2, 0.25) is 0 Å². The van der Waals surface area contributed by atoms with Crippen molar-refractivity contribution in [3.05, 3.63) is 12.2 Å². The average molecular weight is 344 g/mol. The molecule has 140 valence electrons. The first-order valence-corrected chi connectivity index (χ1v) is 9.03. The number of hydrogen-bond acceptors (Lipinski definition) is 5. The lowest BCUT2D eigenvalue weighted by molar-refractivity contribution is -0.137. The van der Waals surface area contributed by atoms with E-state index in [4.69, 9.17) is 9.84 Å². The maximum Gasteiger partial charge on any atom is 0.303 e. The van der Waals surface area contributed by atoms with Gasteiger partial charge in [0.05, 0.1) is 24.4 Å². The summed E-state index contributed by atoms with van der Waals surface area (Å²) in [7, 11) is 0. The fourth-order valence-corrected chi connectivity index (χ4v) is 2.90. The third-order valence-corrected chi connectivity index (χ3v) is 4.45. The standard InChI is InChI=1S/C18H32O6/c1-2-14(20)17-12-15(21)16(24-17)11-10-13(19)8-6-4-3-5-7-9-18(22)23/h10-11,13-17,19-21H,2-9,12H2,1H3,(H,22,23)/b11-10+/t13-,14-,15-,16-,17+/m1/s1. The summed E-state index contributed by atoms with van der Waals surface area (Å²) in [5.74, 6) is -0.749. The van der Waals surface area contributed by atoms with Crippen LogP contribution in [0.15, 0.2) is 12.2 Å². The summed E-state index contributed by atoms with van der Waals surface area (Å²) in [6.07, 6.45) is 7.04. The summed E-state index contributed by atoms with van der Waals surface area (Å²) in [4.78, 5) is 10.4. The lowest BCUT2D eigenvalue weighted by Crippen LogP contribution is -2.25. The number of aliphatic hydroxyl groups excluding tert-OH is 3. The topological polar surface area (TPSA) is 107 Å². The first-order valence-electron chi connectivity index (χ1n) is 9.03. The predicted molar refractivity (Wildman–Crippen MR) is 90.7 cm³/mol. The van der Waals surface area contributed by atoms with Gasteiger partial charge in [0.2, 0.25) is 0 Å². The molecule has 1 rings (SSSR count). The number of aliphatic hydroxyl groups is 3. The zero-order chi connectivity index (χ0) is 17.9. The van der Waals surface area contributed by atoms with E-state index in [-0.39, 0.29) is 12.5 Å². The van der Waals surface area contributed by atoms with E-state index < -0.39 is 30.4 Å². The molecule has 1 heterocycles. The van der Waals surface area contributed by atoms with Crippen LogP contribution in [0.25, 0.3) is 0 Å². The molecule has 6 nitrogen and oxygen atoms in total. The Bertz CT molecular complexity index is 384. The number of carboxylic acid groups (broad SMARTS) is 1. The number of aliphatic carboxylic acids is 1. The van der Waals surface area contributed by atoms with Gasteiger partial charge in [0.1, 0.15) is 6.10 Å². The molecule has 0 aromatic carbocycles. The molecule has 1 aliphatic rings. The Morgan fingerprint density at radius 1 is 1.21 bits per heavy atom. The van der Waals surface area contributed by atoms with E-state index in [2.05, 4.69) is 0 Å². The minimum atomic E-state index is -0.749. The Balaban J connectivity index is 2.15. The molecule has 0 spiro atoms. The highest BCUT2D eigenvalue weighted by molar-refractivity contribution is 5.66. The van der Waals surface area contributed by atoms with Crippen LogP contribution >= 0.6 is 0 Å². The smallest absolute Gasteiger partial charge is 0.303 e. The molecule has 0 amide bonds. The van der Waals surface area contributed by atoms with Crippen LogP contribution in [0.1, 0.15) is 64.7 Å². The van der Waals surface area contributed by atoms with E-state index >= 15 is 0 Å². The molecule has 0 aromatic heterocycles. The molecule has 5 atom stereocenters. The monoisotopic (exact) mass is 344 g/mol. The molecule has 6 heteroatoms. The van der Waals surface area contributed by atoms with Gasteiger partial charge in [-0.2, -0.15) is 0 Å². The van der Waals surface area contributed by atoms with E-state index in [0.29, 0.717) is 25.7 Å². The van der Waals surface area contributed by atoms with Crippen molar-refractivity contribution in [2.24, 2.45) is 0 Å². The molecule has 1 fully saturated rings. The maximum absolute atomic E-state index is 10.4. The van der Waals surface area contributed by atoms with Gasteiger partial charge in [-0.1, -0.05) is 44.8 Å². The summed E-state index contributed by atoms with van der Waals surface area (Å²) in [6.45, 7) is 1.87. The minimum absolute atomic E-state index is 0.225. The molecule has 0 saturated carbocycles. The van der Waals surface area contributed by atoms with Crippen LogP contribution in [0.5, 0.6) is 0 Å². The second-order valence-electron chi connectivity index (χ2n) is 6.57. The molecule has 1 aliphatic heterocycles. The van der Waals surface area contributed by atoms with Crippen molar-refractivity contribution in [1.29, 1.82) is 0 Å². The quantitative estimate of drug-likeness (QED) is 0.319. The van der Waals surface area contributed by atoms with Crippen LogP contribution in [0, 0.1) is 0 Å². The molecule has 0 radical (unpaired) electrons.